The molecule has 1 N–H and O–H groups in total. The van der Waals surface area contributed by atoms with Crippen molar-refractivity contribution in [3.05, 3.63) is 65.0 Å². The number of aromatic amines is 1. The van der Waals surface area contributed by atoms with Gasteiger partial charge in [0.1, 0.15) is 5.82 Å². The minimum atomic E-state index is -4.46. The second kappa shape index (κ2) is 6.38. The summed E-state index contributed by atoms with van der Waals surface area (Å²) in [7, 11) is 1.54. The lowest BCUT2D eigenvalue weighted by Crippen LogP contribution is -2.04. The highest BCUT2D eigenvalue weighted by Gasteiger charge is 2.34. The number of fused-ring (bicyclic) bond motifs is 1. The zero-order valence-corrected chi connectivity index (χ0v) is 14.8. The Morgan fingerprint density at radius 1 is 1.15 bits per heavy atom. The largest absolute Gasteiger partial charge is 0.434 e. The summed E-state index contributed by atoms with van der Waals surface area (Å²) < 4.78 is 39.9. The first kappa shape index (κ1) is 17.5. The van der Waals surface area contributed by atoms with Crippen LogP contribution in [0, 0.1) is 0 Å². The molecule has 0 bridgehead atoms. The van der Waals surface area contributed by atoms with Crippen LogP contribution in [0.25, 0.3) is 22.4 Å². The maximum atomic E-state index is 12.8. The SMILES string of the molecule is Cn1cc(C(F)(F)F)nc1-c1ccc(Cc2c[nH]c3cnc(Cl)nc23)cc1. The monoisotopic (exact) mass is 391 g/mol. The van der Waals surface area contributed by atoms with Gasteiger partial charge in [0, 0.05) is 37.0 Å². The van der Waals surface area contributed by atoms with E-state index in [1.54, 1.807) is 25.4 Å². The van der Waals surface area contributed by atoms with Crippen LogP contribution in [0.4, 0.5) is 13.2 Å². The molecule has 0 radical (unpaired) electrons. The fourth-order valence-corrected chi connectivity index (χ4v) is 3.07. The Hall–Kier alpha value is -2.87. The number of H-pyrrole nitrogens is 1. The molecule has 0 atom stereocenters. The molecule has 3 heterocycles. The maximum absolute atomic E-state index is 12.8. The summed E-state index contributed by atoms with van der Waals surface area (Å²) in [4.78, 5) is 15.0. The lowest BCUT2D eigenvalue weighted by atomic mass is 10.0. The summed E-state index contributed by atoms with van der Waals surface area (Å²) >= 11 is 5.86. The van der Waals surface area contributed by atoms with Crippen molar-refractivity contribution < 1.29 is 13.2 Å². The fraction of sp³-hybridized carbons (Fsp3) is 0.167. The molecular weight excluding hydrogens is 379 g/mol. The Kier molecular flexibility index (Phi) is 4.15. The molecule has 1 aromatic carbocycles. The standard InChI is InChI=1S/C18H13ClF3N5/c1-27-9-14(18(20,21)22)25-16(27)11-4-2-10(3-5-11)6-12-7-23-13-8-24-17(19)26-15(12)13/h2-5,7-9,23H,6H2,1H3. The van der Waals surface area contributed by atoms with Gasteiger partial charge in [0.15, 0.2) is 5.69 Å². The van der Waals surface area contributed by atoms with E-state index in [2.05, 4.69) is 19.9 Å². The molecule has 0 saturated heterocycles. The van der Waals surface area contributed by atoms with Crippen LogP contribution in [0.15, 0.2) is 42.9 Å². The predicted molar refractivity (Wildman–Crippen MR) is 95.4 cm³/mol. The highest BCUT2D eigenvalue weighted by atomic mass is 35.5. The minimum Gasteiger partial charge on any atom is -0.358 e. The van der Waals surface area contributed by atoms with Crippen molar-refractivity contribution in [2.45, 2.75) is 12.6 Å². The molecule has 0 fully saturated rings. The third-order valence-corrected chi connectivity index (χ3v) is 4.42. The van der Waals surface area contributed by atoms with Crippen LogP contribution >= 0.6 is 11.6 Å². The molecular formula is C18H13ClF3N5. The third-order valence-electron chi connectivity index (χ3n) is 4.24. The number of rotatable bonds is 3. The molecule has 0 spiro atoms. The molecule has 0 amide bonds. The highest BCUT2D eigenvalue weighted by molar-refractivity contribution is 6.28. The van der Waals surface area contributed by atoms with Crippen LogP contribution in [-0.4, -0.2) is 24.5 Å². The van der Waals surface area contributed by atoms with E-state index in [-0.39, 0.29) is 11.1 Å². The summed E-state index contributed by atoms with van der Waals surface area (Å²) in [5, 5.41) is 0.175. The van der Waals surface area contributed by atoms with E-state index in [1.165, 1.54) is 4.57 Å². The second-order valence-corrected chi connectivity index (χ2v) is 6.49. The molecule has 0 aliphatic heterocycles. The first-order valence-electron chi connectivity index (χ1n) is 7.99. The number of nitrogens with one attached hydrogen (secondary N) is 1. The summed E-state index contributed by atoms with van der Waals surface area (Å²) in [6.45, 7) is 0. The van der Waals surface area contributed by atoms with Gasteiger partial charge < -0.3 is 9.55 Å². The quantitative estimate of drug-likeness (QED) is 0.518. The van der Waals surface area contributed by atoms with Gasteiger partial charge in [-0.25, -0.2) is 15.0 Å². The van der Waals surface area contributed by atoms with Crippen molar-refractivity contribution in [3.8, 4) is 11.4 Å². The topological polar surface area (TPSA) is 59.4 Å². The van der Waals surface area contributed by atoms with Gasteiger partial charge in [-0.3, -0.25) is 0 Å². The summed E-state index contributed by atoms with van der Waals surface area (Å²) in [6.07, 6.45) is 0.587. The van der Waals surface area contributed by atoms with Crippen LogP contribution in [0.2, 0.25) is 5.28 Å². The van der Waals surface area contributed by atoms with E-state index < -0.39 is 11.9 Å². The number of aromatic nitrogens is 5. The molecule has 0 saturated carbocycles. The van der Waals surface area contributed by atoms with Crippen molar-refractivity contribution in [3.63, 3.8) is 0 Å². The van der Waals surface area contributed by atoms with Gasteiger partial charge in [0.05, 0.1) is 17.2 Å². The van der Waals surface area contributed by atoms with E-state index in [4.69, 9.17) is 11.6 Å². The van der Waals surface area contributed by atoms with Crippen LogP contribution in [0.1, 0.15) is 16.8 Å². The van der Waals surface area contributed by atoms with Crippen LogP contribution < -0.4 is 0 Å². The molecule has 0 unspecified atom stereocenters. The normalized spacial score (nSPS) is 12.0. The Bertz CT molecular complexity index is 1110. The molecule has 3 aromatic heterocycles. The Labute approximate surface area is 156 Å². The van der Waals surface area contributed by atoms with Crippen molar-refractivity contribution in [1.29, 1.82) is 0 Å². The lowest BCUT2D eigenvalue weighted by Gasteiger charge is -2.04. The van der Waals surface area contributed by atoms with E-state index in [0.29, 0.717) is 12.0 Å². The van der Waals surface area contributed by atoms with E-state index in [0.717, 1.165) is 28.4 Å². The van der Waals surface area contributed by atoms with E-state index in [9.17, 15) is 13.2 Å². The van der Waals surface area contributed by atoms with Gasteiger partial charge in [-0.1, -0.05) is 24.3 Å². The minimum absolute atomic E-state index is 0.175. The van der Waals surface area contributed by atoms with Gasteiger partial charge in [-0.05, 0) is 17.2 Å². The fourth-order valence-electron chi connectivity index (χ4n) is 2.94. The Balaban J connectivity index is 1.61. The number of halogens is 4. The number of nitrogens with zero attached hydrogens (tertiary/aromatic N) is 4. The molecule has 0 aliphatic carbocycles. The van der Waals surface area contributed by atoms with Crippen molar-refractivity contribution in [2.24, 2.45) is 7.05 Å². The molecule has 27 heavy (non-hydrogen) atoms. The number of hydrogen-bond donors (Lipinski definition) is 1. The summed E-state index contributed by atoms with van der Waals surface area (Å²) in [5.41, 5.74) is 3.19. The maximum Gasteiger partial charge on any atom is 0.434 e. The van der Waals surface area contributed by atoms with Gasteiger partial charge >= 0.3 is 6.18 Å². The lowest BCUT2D eigenvalue weighted by molar-refractivity contribution is -0.140. The summed E-state index contributed by atoms with van der Waals surface area (Å²) in [5.74, 6) is 0.264. The molecule has 138 valence electrons. The average Bonchev–Trinajstić information content (AvgIpc) is 3.19. The van der Waals surface area contributed by atoms with Crippen LogP contribution in [-0.2, 0) is 19.6 Å². The molecule has 5 nitrogen and oxygen atoms in total. The van der Waals surface area contributed by atoms with Gasteiger partial charge in [-0.2, -0.15) is 13.2 Å². The van der Waals surface area contributed by atoms with Crippen LogP contribution in [0.5, 0.6) is 0 Å². The van der Waals surface area contributed by atoms with Gasteiger partial charge in [0.2, 0.25) is 5.28 Å². The molecule has 0 aliphatic rings. The number of hydrogen-bond acceptors (Lipinski definition) is 3. The van der Waals surface area contributed by atoms with E-state index in [1.807, 2.05) is 18.3 Å². The second-order valence-electron chi connectivity index (χ2n) is 6.15. The zero-order valence-electron chi connectivity index (χ0n) is 14.0. The Morgan fingerprint density at radius 3 is 2.56 bits per heavy atom. The van der Waals surface area contributed by atoms with Crippen molar-refractivity contribution in [1.82, 2.24) is 24.5 Å². The Morgan fingerprint density at radius 2 is 1.89 bits per heavy atom. The average molecular weight is 392 g/mol. The molecule has 4 rings (SSSR count). The highest BCUT2D eigenvalue weighted by Crippen LogP contribution is 2.30. The van der Waals surface area contributed by atoms with Crippen molar-refractivity contribution in [2.75, 3.05) is 0 Å². The first-order valence-corrected chi connectivity index (χ1v) is 8.37. The van der Waals surface area contributed by atoms with Gasteiger partial charge in [-0.15, -0.1) is 0 Å². The number of benzene rings is 1. The zero-order chi connectivity index (χ0) is 19.2. The first-order chi connectivity index (χ1) is 12.8. The molecule has 9 heteroatoms. The smallest absolute Gasteiger partial charge is 0.358 e. The number of imidazole rings is 1. The van der Waals surface area contributed by atoms with Crippen LogP contribution in [0.3, 0.4) is 0 Å². The number of alkyl halides is 3. The molecule has 4 aromatic rings. The third kappa shape index (κ3) is 3.40. The predicted octanol–water partition coefficient (Wildman–Crippen LogP) is 4.62. The van der Waals surface area contributed by atoms with Gasteiger partial charge in [0.25, 0.3) is 0 Å². The number of aryl methyl sites for hydroxylation is 1. The van der Waals surface area contributed by atoms with Crippen molar-refractivity contribution >= 4 is 22.6 Å². The van der Waals surface area contributed by atoms with E-state index >= 15 is 0 Å². The summed E-state index contributed by atoms with van der Waals surface area (Å²) in [6, 6.07) is 7.24.